The summed E-state index contributed by atoms with van der Waals surface area (Å²) in [5.41, 5.74) is -0.603. The summed E-state index contributed by atoms with van der Waals surface area (Å²) >= 11 is 0. The van der Waals surface area contributed by atoms with Gasteiger partial charge >= 0.3 is 11.6 Å². The number of piperazine rings is 1. The Balaban J connectivity index is 1.000. The first-order valence-corrected chi connectivity index (χ1v) is 17.6. The second-order valence-corrected chi connectivity index (χ2v) is 13.3. The van der Waals surface area contributed by atoms with Crippen molar-refractivity contribution in [1.29, 1.82) is 0 Å². The Morgan fingerprint density at radius 1 is 0.833 bits per heavy atom. The molecule has 4 heterocycles. The number of hydrogen-bond acceptors (Lipinski definition) is 10. The van der Waals surface area contributed by atoms with Gasteiger partial charge in [-0.2, -0.15) is 13.9 Å². The number of tetrazole rings is 1. The van der Waals surface area contributed by atoms with Crippen molar-refractivity contribution in [2.24, 2.45) is 0 Å². The van der Waals surface area contributed by atoms with E-state index in [0.29, 0.717) is 17.7 Å². The van der Waals surface area contributed by atoms with Crippen molar-refractivity contribution < 1.29 is 23.4 Å². The first kappa shape index (κ1) is 36.5. The number of aliphatic hydroxyl groups excluding tert-OH is 1. The number of aromatic nitrogens is 8. The maximum absolute atomic E-state index is 16.2. The molecule has 13 nitrogen and oxygen atoms in total. The number of alkyl halides is 2. The summed E-state index contributed by atoms with van der Waals surface area (Å²) in [6.07, 6.45) is 3.73. The first-order chi connectivity index (χ1) is 26.0. The summed E-state index contributed by atoms with van der Waals surface area (Å²) in [4.78, 5) is 21.6. The van der Waals surface area contributed by atoms with Crippen molar-refractivity contribution in [3.8, 4) is 16.8 Å². The number of hydrogen-bond donors (Lipinski definition) is 2. The molecule has 2 N–H and O–H groups in total. The molecule has 16 heteroatoms. The highest BCUT2D eigenvalue weighted by Gasteiger charge is 2.57. The van der Waals surface area contributed by atoms with Crippen molar-refractivity contribution in [2.45, 2.75) is 50.5 Å². The minimum absolute atomic E-state index is 0.298. The SMILES string of the molecule is CCC(C(C)O)n1ncn(-c2ccc(N3CCN(c4ccc(-c5ccc(C(F)(F)C(O)(Cn6cnnn6)c6ccccc6F)nc5)cc4)CC3)cc2)c1=O. The first-order valence-electron chi connectivity index (χ1n) is 17.6. The molecule has 3 unspecified atom stereocenters. The zero-order chi connectivity index (χ0) is 38.0. The lowest BCUT2D eigenvalue weighted by Crippen LogP contribution is -2.48. The highest BCUT2D eigenvalue weighted by atomic mass is 19.3. The van der Waals surface area contributed by atoms with Crippen LogP contribution in [0.3, 0.4) is 0 Å². The maximum atomic E-state index is 16.2. The third-order valence-corrected chi connectivity index (χ3v) is 10.0. The van der Waals surface area contributed by atoms with Gasteiger partial charge in [-0.3, -0.25) is 4.98 Å². The molecule has 0 radical (unpaired) electrons. The van der Waals surface area contributed by atoms with Crippen molar-refractivity contribution >= 4 is 11.4 Å². The predicted octanol–water partition coefficient (Wildman–Crippen LogP) is 4.56. The zero-order valence-corrected chi connectivity index (χ0v) is 29.6. The quantitative estimate of drug-likeness (QED) is 0.183. The molecule has 0 saturated carbocycles. The van der Waals surface area contributed by atoms with Crippen LogP contribution in [0.25, 0.3) is 16.8 Å². The van der Waals surface area contributed by atoms with Crippen LogP contribution in [0.15, 0.2) is 109 Å². The van der Waals surface area contributed by atoms with Crippen molar-refractivity contribution in [3.05, 3.63) is 131 Å². The Kier molecular flexibility index (Phi) is 10.0. The number of rotatable bonds is 12. The van der Waals surface area contributed by atoms with Crippen molar-refractivity contribution in [3.63, 3.8) is 0 Å². The largest absolute Gasteiger partial charge is 0.391 e. The van der Waals surface area contributed by atoms with E-state index < -0.39 is 47.3 Å². The van der Waals surface area contributed by atoms with Crippen LogP contribution in [-0.2, 0) is 18.1 Å². The molecular weight excluding hydrogens is 701 g/mol. The van der Waals surface area contributed by atoms with E-state index in [2.05, 4.69) is 35.4 Å². The molecule has 6 aromatic rings. The molecule has 3 aromatic heterocycles. The van der Waals surface area contributed by atoms with E-state index in [9.17, 15) is 19.4 Å². The van der Waals surface area contributed by atoms with Gasteiger partial charge in [-0.1, -0.05) is 43.3 Å². The number of benzene rings is 3. The second-order valence-electron chi connectivity index (χ2n) is 13.3. The van der Waals surface area contributed by atoms with Crippen LogP contribution < -0.4 is 15.5 Å². The Morgan fingerprint density at radius 2 is 1.44 bits per heavy atom. The normalized spacial score (nSPS) is 15.9. The molecule has 54 heavy (non-hydrogen) atoms. The van der Waals surface area contributed by atoms with Crippen LogP contribution in [0, 0.1) is 5.82 Å². The minimum Gasteiger partial charge on any atom is -0.391 e. The summed E-state index contributed by atoms with van der Waals surface area (Å²) in [6, 6.07) is 22.5. The van der Waals surface area contributed by atoms with Crippen molar-refractivity contribution in [1.82, 2.24) is 39.5 Å². The molecule has 3 aromatic carbocycles. The highest BCUT2D eigenvalue weighted by Crippen LogP contribution is 2.46. The van der Waals surface area contributed by atoms with Gasteiger partial charge in [0.25, 0.3) is 0 Å². The van der Waals surface area contributed by atoms with E-state index in [-0.39, 0.29) is 5.69 Å². The molecule has 1 aliphatic heterocycles. The molecule has 280 valence electrons. The molecule has 0 aliphatic carbocycles. The highest BCUT2D eigenvalue weighted by molar-refractivity contribution is 5.66. The van der Waals surface area contributed by atoms with E-state index in [1.807, 2.05) is 55.5 Å². The molecule has 0 bridgehead atoms. The molecule has 1 fully saturated rings. The lowest BCUT2D eigenvalue weighted by Gasteiger charge is -2.37. The molecule has 1 saturated heterocycles. The number of aliphatic hydroxyl groups is 2. The summed E-state index contributed by atoms with van der Waals surface area (Å²) < 4.78 is 50.9. The monoisotopic (exact) mass is 740 g/mol. The molecule has 3 atom stereocenters. The summed E-state index contributed by atoms with van der Waals surface area (Å²) in [7, 11) is 0. The molecular formula is C38H39F3N10O3. The van der Waals surface area contributed by atoms with E-state index >= 15 is 8.78 Å². The fourth-order valence-electron chi connectivity index (χ4n) is 6.95. The second kappa shape index (κ2) is 14.9. The Hall–Kier alpha value is -5.87. The van der Waals surface area contributed by atoms with Crippen LogP contribution in [0.1, 0.15) is 37.6 Å². The fraction of sp³-hybridized carbons (Fsp3) is 0.316. The van der Waals surface area contributed by atoms with E-state index in [4.69, 9.17) is 0 Å². The molecule has 1 aliphatic rings. The van der Waals surface area contributed by atoms with Gasteiger partial charge in [0.1, 0.15) is 24.2 Å². The number of pyridine rings is 1. The van der Waals surface area contributed by atoms with Crippen LogP contribution in [0.2, 0.25) is 0 Å². The Labute approximate surface area is 308 Å². The van der Waals surface area contributed by atoms with Gasteiger partial charge in [-0.25, -0.2) is 23.1 Å². The van der Waals surface area contributed by atoms with Gasteiger partial charge in [-0.05, 0) is 77.9 Å². The third-order valence-electron chi connectivity index (χ3n) is 10.0. The van der Waals surface area contributed by atoms with Crippen molar-refractivity contribution in [2.75, 3.05) is 36.0 Å². The van der Waals surface area contributed by atoms with Gasteiger partial charge in [0.15, 0.2) is 5.60 Å². The van der Waals surface area contributed by atoms with Gasteiger partial charge < -0.3 is 20.0 Å². The lowest BCUT2D eigenvalue weighted by atomic mass is 9.84. The summed E-state index contributed by atoms with van der Waals surface area (Å²) in [5, 5.41) is 36.2. The summed E-state index contributed by atoms with van der Waals surface area (Å²) in [6.45, 7) is 5.83. The van der Waals surface area contributed by atoms with E-state index in [1.54, 1.807) is 6.92 Å². The maximum Gasteiger partial charge on any atom is 0.350 e. The number of anilines is 2. The Bertz CT molecular complexity index is 2220. The van der Waals surface area contributed by atoms with E-state index in [0.717, 1.165) is 72.3 Å². The number of nitrogens with zero attached hydrogens (tertiary/aromatic N) is 10. The van der Waals surface area contributed by atoms with Gasteiger partial charge in [0, 0.05) is 54.9 Å². The van der Waals surface area contributed by atoms with Gasteiger partial charge in [0.05, 0.1) is 24.4 Å². The smallest absolute Gasteiger partial charge is 0.350 e. The predicted molar refractivity (Wildman–Crippen MR) is 195 cm³/mol. The van der Waals surface area contributed by atoms with Gasteiger partial charge in [-0.15, -0.1) is 5.10 Å². The van der Waals surface area contributed by atoms with E-state index in [1.165, 1.54) is 40.0 Å². The zero-order valence-electron chi connectivity index (χ0n) is 29.6. The molecule has 0 amide bonds. The van der Waals surface area contributed by atoms with Crippen LogP contribution >= 0.6 is 0 Å². The lowest BCUT2D eigenvalue weighted by molar-refractivity contribution is -0.207. The fourth-order valence-corrected chi connectivity index (χ4v) is 6.95. The molecule has 0 spiro atoms. The topological polar surface area (TPSA) is 143 Å². The standard InChI is InChI=1S/C38H39F3N10O3/c1-3-34(26(2)52)51-36(53)50(25-44-51)31-15-13-30(14-16-31)48-20-18-47(19-21-48)29-11-8-27(9-12-29)28-10-17-35(42-22-28)38(40,41)37(54,23-49-24-43-45-46-49)32-6-4-5-7-33(32)39/h4-17,22,24-26,34,52,54H,3,18-21,23H2,1-2H3. The molecule has 7 rings (SSSR count). The minimum atomic E-state index is -4.03. The van der Waals surface area contributed by atoms with Crippen LogP contribution in [0.4, 0.5) is 24.5 Å². The summed E-state index contributed by atoms with van der Waals surface area (Å²) in [5.74, 6) is -5.03. The van der Waals surface area contributed by atoms with Crippen LogP contribution in [0.5, 0.6) is 0 Å². The average molecular weight is 741 g/mol. The van der Waals surface area contributed by atoms with Crippen LogP contribution in [-0.4, -0.2) is 82.0 Å². The van der Waals surface area contributed by atoms with Gasteiger partial charge in [0.2, 0.25) is 0 Å². The Morgan fingerprint density at radius 3 is 2.00 bits per heavy atom. The number of halogens is 3. The third kappa shape index (κ3) is 6.85. The average Bonchev–Trinajstić information content (AvgIpc) is 3.84.